The van der Waals surface area contributed by atoms with Crippen LogP contribution in [0.1, 0.15) is 6.92 Å². The van der Waals surface area contributed by atoms with Crippen molar-refractivity contribution in [1.29, 1.82) is 5.26 Å². The number of rotatable bonds is 4. The zero-order valence-electron chi connectivity index (χ0n) is 11.9. The first kappa shape index (κ1) is 16.4. The minimum atomic E-state index is -3.42. The van der Waals surface area contributed by atoms with E-state index in [4.69, 9.17) is 5.26 Å². The standard InChI is InChI=1S/C14H18BrN3O2S/c1-12(10-16)11-17-6-8-18(9-7-17)21(19,20)14-4-2-13(15)3-5-14/h2-5,12H,6-9,11H2,1H3/t12-/m0/s1. The van der Waals surface area contributed by atoms with Gasteiger partial charge in [-0.3, -0.25) is 4.90 Å². The molecule has 1 fully saturated rings. The van der Waals surface area contributed by atoms with E-state index in [-0.39, 0.29) is 5.92 Å². The van der Waals surface area contributed by atoms with Gasteiger partial charge < -0.3 is 0 Å². The second-order valence-electron chi connectivity index (χ2n) is 5.19. The number of sulfonamides is 1. The van der Waals surface area contributed by atoms with Crippen LogP contribution in [0, 0.1) is 17.2 Å². The second kappa shape index (κ2) is 6.88. The summed E-state index contributed by atoms with van der Waals surface area (Å²) in [6, 6.07) is 8.90. The maximum absolute atomic E-state index is 12.5. The highest BCUT2D eigenvalue weighted by atomic mass is 79.9. The van der Waals surface area contributed by atoms with E-state index in [1.54, 1.807) is 24.3 Å². The van der Waals surface area contributed by atoms with Crippen molar-refractivity contribution >= 4 is 26.0 Å². The fourth-order valence-electron chi connectivity index (χ4n) is 2.34. The largest absolute Gasteiger partial charge is 0.299 e. The molecule has 0 spiro atoms. The number of halogens is 1. The number of benzene rings is 1. The predicted octanol–water partition coefficient (Wildman–Crippen LogP) is 1.92. The lowest BCUT2D eigenvalue weighted by atomic mass is 10.2. The lowest BCUT2D eigenvalue weighted by molar-refractivity contribution is 0.178. The van der Waals surface area contributed by atoms with Gasteiger partial charge in [-0.1, -0.05) is 15.9 Å². The van der Waals surface area contributed by atoms with Gasteiger partial charge in [0.25, 0.3) is 0 Å². The predicted molar refractivity (Wildman–Crippen MR) is 84.1 cm³/mol. The van der Waals surface area contributed by atoms with E-state index < -0.39 is 10.0 Å². The molecule has 1 aromatic carbocycles. The van der Waals surface area contributed by atoms with Crippen LogP contribution in [0.25, 0.3) is 0 Å². The van der Waals surface area contributed by atoms with Gasteiger partial charge in [0.2, 0.25) is 10.0 Å². The molecule has 7 heteroatoms. The Hall–Kier alpha value is -0.940. The molecule has 1 atom stereocenters. The summed E-state index contributed by atoms with van der Waals surface area (Å²) in [6.45, 7) is 4.85. The Morgan fingerprint density at radius 2 is 1.81 bits per heavy atom. The first-order valence-corrected chi connectivity index (χ1v) is 9.04. The molecule has 0 aromatic heterocycles. The highest BCUT2D eigenvalue weighted by Gasteiger charge is 2.28. The zero-order chi connectivity index (χ0) is 15.5. The first-order chi connectivity index (χ1) is 9.93. The molecule has 0 aliphatic carbocycles. The molecule has 1 heterocycles. The van der Waals surface area contributed by atoms with Crippen LogP contribution in [-0.2, 0) is 10.0 Å². The van der Waals surface area contributed by atoms with Crippen LogP contribution in [0.15, 0.2) is 33.6 Å². The average molecular weight is 372 g/mol. The van der Waals surface area contributed by atoms with Crippen molar-refractivity contribution in [3.05, 3.63) is 28.7 Å². The van der Waals surface area contributed by atoms with Gasteiger partial charge in [0, 0.05) is 37.2 Å². The van der Waals surface area contributed by atoms with Crippen LogP contribution < -0.4 is 0 Å². The second-order valence-corrected chi connectivity index (χ2v) is 8.04. The molecular weight excluding hydrogens is 354 g/mol. The number of hydrogen-bond acceptors (Lipinski definition) is 4. The SMILES string of the molecule is C[C@@H](C#N)CN1CCN(S(=O)(=O)c2ccc(Br)cc2)CC1. The Balaban J connectivity index is 2.01. The van der Waals surface area contributed by atoms with Gasteiger partial charge in [-0.2, -0.15) is 9.57 Å². The molecule has 114 valence electrons. The summed E-state index contributed by atoms with van der Waals surface area (Å²) < 4.78 is 27.4. The quantitative estimate of drug-likeness (QED) is 0.810. The first-order valence-electron chi connectivity index (χ1n) is 6.81. The summed E-state index contributed by atoms with van der Waals surface area (Å²) in [5.74, 6) is -0.0281. The molecule has 0 N–H and O–H groups in total. The van der Waals surface area contributed by atoms with Gasteiger partial charge in [-0.05, 0) is 31.2 Å². The molecular formula is C14H18BrN3O2S. The molecule has 1 aliphatic rings. The zero-order valence-corrected chi connectivity index (χ0v) is 14.3. The van der Waals surface area contributed by atoms with E-state index in [2.05, 4.69) is 26.9 Å². The van der Waals surface area contributed by atoms with Gasteiger partial charge >= 0.3 is 0 Å². The molecule has 0 bridgehead atoms. The topological polar surface area (TPSA) is 64.4 Å². The number of nitriles is 1. The molecule has 21 heavy (non-hydrogen) atoms. The summed E-state index contributed by atoms with van der Waals surface area (Å²) >= 11 is 3.30. The van der Waals surface area contributed by atoms with Crippen LogP contribution >= 0.6 is 15.9 Å². The minimum absolute atomic E-state index is 0.0281. The van der Waals surface area contributed by atoms with E-state index in [1.807, 2.05) is 6.92 Å². The third kappa shape index (κ3) is 4.04. The van der Waals surface area contributed by atoms with Crippen LogP contribution in [0.3, 0.4) is 0 Å². The molecule has 0 amide bonds. The summed E-state index contributed by atoms with van der Waals surface area (Å²) in [4.78, 5) is 2.46. The van der Waals surface area contributed by atoms with Gasteiger partial charge in [-0.25, -0.2) is 8.42 Å². The fourth-order valence-corrected chi connectivity index (χ4v) is 4.02. The Bertz CT molecular complexity index is 617. The molecule has 2 rings (SSSR count). The molecule has 0 radical (unpaired) electrons. The van der Waals surface area contributed by atoms with E-state index in [1.165, 1.54) is 4.31 Å². The third-order valence-electron chi connectivity index (χ3n) is 3.54. The summed E-state index contributed by atoms with van der Waals surface area (Å²) in [7, 11) is -3.42. The molecule has 1 aromatic rings. The van der Waals surface area contributed by atoms with E-state index in [0.29, 0.717) is 37.6 Å². The molecule has 0 saturated carbocycles. The Morgan fingerprint density at radius 1 is 1.24 bits per heavy atom. The summed E-state index contributed by atoms with van der Waals surface area (Å²) in [6.07, 6.45) is 0. The van der Waals surface area contributed by atoms with E-state index in [0.717, 1.165) is 4.47 Å². The van der Waals surface area contributed by atoms with E-state index >= 15 is 0 Å². The third-order valence-corrected chi connectivity index (χ3v) is 5.98. The van der Waals surface area contributed by atoms with Gasteiger partial charge in [0.1, 0.15) is 0 Å². The fraction of sp³-hybridized carbons (Fsp3) is 0.500. The lowest BCUT2D eigenvalue weighted by Gasteiger charge is -2.34. The maximum Gasteiger partial charge on any atom is 0.243 e. The lowest BCUT2D eigenvalue weighted by Crippen LogP contribution is -2.49. The van der Waals surface area contributed by atoms with Crippen LogP contribution in [0.5, 0.6) is 0 Å². The van der Waals surface area contributed by atoms with E-state index in [9.17, 15) is 8.42 Å². The van der Waals surface area contributed by atoms with Gasteiger partial charge in [0.15, 0.2) is 0 Å². The van der Waals surface area contributed by atoms with Crippen molar-refractivity contribution in [2.24, 2.45) is 5.92 Å². The van der Waals surface area contributed by atoms with Gasteiger partial charge in [0.05, 0.1) is 16.9 Å². The molecule has 1 aliphatic heterocycles. The number of hydrogen-bond donors (Lipinski definition) is 0. The van der Waals surface area contributed by atoms with Crippen molar-refractivity contribution in [1.82, 2.24) is 9.21 Å². The highest BCUT2D eigenvalue weighted by Crippen LogP contribution is 2.20. The Labute approximate surface area is 134 Å². The molecule has 1 saturated heterocycles. The van der Waals surface area contributed by atoms with Crippen LogP contribution in [0.4, 0.5) is 0 Å². The minimum Gasteiger partial charge on any atom is -0.299 e. The monoisotopic (exact) mass is 371 g/mol. The highest BCUT2D eigenvalue weighted by molar-refractivity contribution is 9.10. The molecule has 5 nitrogen and oxygen atoms in total. The van der Waals surface area contributed by atoms with Crippen LogP contribution in [-0.4, -0.2) is 50.3 Å². The maximum atomic E-state index is 12.5. The van der Waals surface area contributed by atoms with Crippen molar-refractivity contribution in [3.8, 4) is 6.07 Å². The average Bonchev–Trinajstić information content (AvgIpc) is 2.48. The summed E-state index contributed by atoms with van der Waals surface area (Å²) in [5, 5.41) is 8.83. The molecule has 0 unspecified atom stereocenters. The number of nitrogens with zero attached hydrogens (tertiary/aromatic N) is 3. The van der Waals surface area contributed by atoms with Crippen molar-refractivity contribution in [3.63, 3.8) is 0 Å². The Kier molecular flexibility index (Phi) is 5.38. The van der Waals surface area contributed by atoms with Crippen molar-refractivity contribution in [2.45, 2.75) is 11.8 Å². The number of piperazine rings is 1. The normalized spacial score (nSPS) is 19.1. The van der Waals surface area contributed by atoms with Gasteiger partial charge in [-0.15, -0.1) is 0 Å². The van der Waals surface area contributed by atoms with Crippen LogP contribution in [0.2, 0.25) is 0 Å². The smallest absolute Gasteiger partial charge is 0.243 e. The Morgan fingerprint density at radius 3 is 2.33 bits per heavy atom. The van der Waals surface area contributed by atoms with Crippen molar-refractivity contribution in [2.75, 3.05) is 32.7 Å². The summed E-state index contributed by atoms with van der Waals surface area (Å²) in [5.41, 5.74) is 0. The van der Waals surface area contributed by atoms with Crippen molar-refractivity contribution < 1.29 is 8.42 Å².